The molecule has 1 aliphatic rings. The van der Waals surface area contributed by atoms with E-state index >= 15 is 0 Å². The van der Waals surface area contributed by atoms with Gasteiger partial charge in [0.05, 0.1) is 0 Å². The Kier molecular flexibility index (Phi) is 1.94. The van der Waals surface area contributed by atoms with Crippen molar-refractivity contribution in [2.75, 3.05) is 13.6 Å². The Hall–Kier alpha value is 0.01000. The van der Waals surface area contributed by atoms with Crippen molar-refractivity contribution in [1.82, 2.24) is 4.90 Å². The highest BCUT2D eigenvalue weighted by molar-refractivity contribution is 14.1. The molecule has 1 rings (SSSR count). The first kappa shape index (κ1) is 6.13. The molecule has 1 nitrogen and oxygen atoms in total. The van der Waals surface area contributed by atoms with Crippen molar-refractivity contribution < 1.29 is 0 Å². The van der Waals surface area contributed by atoms with Crippen molar-refractivity contribution in [3.63, 3.8) is 0 Å². The van der Waals surface area contributed by atoms with Crippen LogP contribution < -0.4 is 0 Å². The summed E-state index contributed by atoms with van der Waals surface area (Å²) in [4.78, 5) is 2.15. The molecule has 2 heteroatoms. The summed E-state index contributed by atoms with van der Waals surface area (Å²) in [5, 5.41) is 0. The molecule has 0 spiro atoms. The van der Waals surface area contributed by atoms with Crippen molar-refractivity contribution in [3.8, 4) is 0 Å². The largest absolute Gasteiger partial charge is 0.376 e. The molecule has 0 saturated heterocycles. The zero-order valence-corrected chi connectivity index (χ0v) is 6.92. The molecule has 0 atom stereocenters. The molecule has 0 N–H and O–H groups in total. The molecule has 0 aromatic rings. The second-order valence-corrected chi connectivity index (χ2v) is 3.26. The summed E-state index contributed by atoms with van der Waals surface area (Å²) in [6.45, 7) is 1.07. The summed E-state index contributed by atoms with van der Waals surface area (Å²) in [6, 6.07) is 0. The maximum atomic E-state index is 2.34. The van der Waals surface area contributed by atoms with E-state index in [1.54, 1.807) is 0 Å². The smallest absolute Gasteiger partial charge is 0.0478 e. The molecule has 0 saturated carbocycles. The fourth-order valence-corrected chi connectivity index (χ4v) is 1.38. The van der Waals surface area contributed by atoms with Crippen LogP contribution in [0.15, 0.2) is 21.9 Å². The van der Waals surface area contributed by atoms with E-state index in [0.717, 1.165) is 6.54 Å². The SMILES string of the molecule is CN1C=CC=C(I)C1. The molecule has 8 heavy (non-hydrogen) atoms. The molecule has 0 aromatic heterocycles. The first-order valence-electron chi connectivity index (χ1n) is 2.52. The van der Waals surface area contributed by atoms with Crippen molar-refractivity contribution in [3.05, 3.63) is 21.9 Å². The van der Waals surface area contributed by atoms with Crippen molar-refractivity contribution >= 4 is 22.6 Å². The number of nitrogens with zero attached hydrogens (tertiary/aromatic N) is 1. The van der Waals surface area contributed by atoms with Gasteiger partial charge in [0.1, 0.15) is 0 Å². The van der Waals surface area contributed by atoms with Crippen LogP contribution >= 0.6 is 22.6 Å². The van der Waals surface area contributed by atoms with Gasteiger partial charge in [-0.3, -0.25) is 0 Å². The Morgan fingerprint density at radius 3 is 2.88 bits per heavy atom. The van der Waals surface area contributed by atoms with Gasteiger partial charge in [-0.1, -0.05) is 0 Å². The summed E-state index contributed by atoms with van der Waals surface area (Å²) in [6.07, 6.45) is 6.26. The van der Waals surface area contributed by atoms with Crippen molar-refractivity contribution in [2.24, 2.45) is 0 Å². The van der Waals surface area contributed by atoms with E-state index in [1.807, 2.05) is 0 Å². The van der Waals surface area contributed by atoms with Gasteiger partial charge in [-0.15, -0.1) is 0 Å². The molecule has 0 aliphatic carbocycles. The number of halogens is 1. The number of hydrogen-bond donors (Lipinski definition) is 0. The molecule has 0 aromatic carbocycles. The first-order valence-corrected chi connectivity index (χ1v) is 3.60. The lowest BCUT2D eigenvalue weighted by Gasteiger charge is -2.15. The van der Waals surface area contributed by atoms with Gasteiger partial charge in [-0.25, -0.2) is 0 Å². The molecular formula is C6H8IN. The first-order chi connectivity index (χ1) is 3.79. The van der Waals surface area contributed by atoms with Crippen LogP contribution in [0.3, 0.4) is 0 Å². The second kappa shape index (κ2) is 2.53. The van der Waals surface area contributed by atoms with E-state index < -0.39 is 0 Å². The zero-order valence-electron chi connectivity index (χ0n) is 4.76. The zero-order chi connectivity index (χ0) is 5.98. The molecule has 0 fully saturated rings. The standard InChI is InChI=1S/C6H8IN/c1-8-4-2-3-6(7)5-8/h2-4H,5H2,1H3. The lowest BCUT2D eigenvalue weighted by molar-refractivity contribution is 0.503. The van der Waals surface area contributed by atoms with Gasteiger partial charge < -0.3 is 4.90 Å². The highest BCUT2D eigenvalue weighted by Gasteiger charge is 1.96. The highest BCUT2D eigenvalue weighted by Crippen LogP contribution is 2.11. The van der Waals surface area contributed by atoms with Gasteiger partial charge in [0.2, 0.25) is 0 Å². The number of allylic oxidation sites excluding steroid dienone is 2. The van der Waals surface area contributed by atoms with Gasteiger partial charge in [-0.2, -0.15) is 0 Å². The number of likely N-dealkylation sites (N-methyl/N-ethyl adjacent to an activating group) is 1. The van der Waals surface area contributed by atoms with Crippen molar-refractivity contribution in [2.45, 2.75) is 0 Å². The van der Waals surface area contributed by atoms with Crippen LogP contribution in [0.5, 0.6) is 0 Å². The normalized spacial score (nSPS) is 18.8. The minimum absolute atomic E-state index is 1.07. The predicted octanol–water partition coefficient (Wildman–Crippen LogP) is 1.76. The Bertz CT molecular complexity index is 137. The molecule has 1 aliphatic heterocycles. The highest BCUT2D eigenvalue weighted by atomic mass is 127. The molecule has 0 radical (unpaired) electrons. The predicted molar refractivity (Wildman–Crippen MR) is 43.9 cm³/mol. The average Bonchev–Trinajstić information content (AvgIpc) is 1.64. The van der Waals surface area contributed by atoms with Gasteiger partial charge in [0.25, 0.3) is 0 Å². The topological polar surface area (TPSA) is 3.24 Å². The summed E-state index contributed by atoms with van der Waals surface area (Å²) in [7, 11) is 2.07. The van der Waals surface area contributed by atoms with Crippen LogP contribution in [-0.4, -0.2) is 18.5 Å². The minimum Gasteiger partial charge on any atom is -0.376 e. The molecule has 0 amide bonds. The van der Waals surface area contributed by atoms with Gasteiger partial charge >= 0.3 is 0 Å². The fourth-order valence-electron chi connectivity index (χ4n) is 0.638. The Morgan fingerprint density at radius 2 is 2.50 bits per heavy atom. The van der Waals surface area contributed by atoms with E-state index in [4.69, 9.17) is 0 Å². The third-order valence-electron chi connectivity index (χ3n) is 1.02. The van der Waals surface area contributed by atoms with E-state index in [0.29, 0.717) is 0 Å². The van der Waals surface area contributed by atoms with Gasteiger partial charge in [-0.05, 0) is 40.9 Å². The summed E-state index contributed by atoms with van der Waals surface area (Å²) in [5.74, 6) is 0. The minimum atomic E-state index is 1.07. The Labute approximate surface area is 63.2 Å². The van der Waals surface area contributed by atoms with E-state index in [9.17, 15) is 0 Å². The maximum absolute atomic E-state index is 2.34. The number of rotatable bonds is 0. The third kappa shape index (κ3) is 1.51. The monoisotopic (exact) mass is 221 g/mol. The Morgan fingerprint density at radius 1 is 1.75 bits per heavy atom. The van der Waals surface area contributed by atoms with Crippen LogP contribution in [0, 0.1) is 0 Å². The maximum Gasteiger partial charge on any atom is 0.0478 e. The molecule has 44 valence electrons. The van der Waals surface area contributed by atoms with Crippen molar-refractivity contribution in [1.29, 1.82) is 0 Å². The van der Waals surface area contributed by atoms with Crippen LogP contribution in [0.2, 0.25) is 0 Å². The van der Waals surface area contributed by atoms with Crippen LogP contribution in [0.4, 0.5) is 0 Å². The molecular weight excluding hydrogens is 213 g/mol. The number of hydrogen-bond acceptors (Lipinski definition) is 1. The molecule has 0 unspecified atom stereocenters. The van der Waals surface area contributed by atoms with Gasteiger partial charge in [0.15, 0.2) is 0 Å². The summed E-state index contributed by atoms with van der Waals surface area (Å²) in [5.41, 5.74) is 0. The van der Waals surface area contributed by atoms with E-state index in [-0.39, 0.29) is 0 Å². The Balaban J connectivity index is 2.59. The lowest BCUT2D eigenvalue weighted by Crippen LogP contribution is -2.13. The second-order valence-electron chi connectivity index (χ2n) is 1.87. The molecule has 1 heterocycles. The van der Waals surface area contributed by atoms with Gasteiger partial charge in [0, 0.05) is 17.2 Å². The van der Waals surface area contributed by atoms with Crippen LogP contribution in [0.25, 0.3) is 0 Å². The lowest BCUT2D eigenvalue weighted by atomic mass is 10.4. The van der Waals surface area contributed by atoms with Crippen LogP contribution in [0.1, 0.15) is 0 Å². The van der Waals surface area contributed by atoms with E-state index in [2.05, 4.69) is 52.9 Å². The summed E-state index contributed by atoms with van der Waals surface area (Å²) >= 11 is 2.34. The molecule has 0 bridgehead atoms. The summed E-state index contributed by atoms with van der Waals surface area (Å²) < 4.78 is 1.40. The quantitative estimate of drug-likeness (QED) is 0.563. The average molecular weight is 221 g/mol. The van der Waals surface area contributed by atoms with E-state index in [1.165, 1.54) is 3.58 Å². The third-order valence-corrected chi connectivity index (χ3v) is 1.72. The van der Waals surface area contributed by atoms with Crippen LogP contribution in [-0.2, 0) is 0 Å². The fraction of sp³-hybridized carbons (Fsp3) is 0.333.